The zero-order valence-electron chi connectivity index (χ0n) is 17.8. The van der Waals surface area contributed by atoms with E-state index in [1.54, 1.807) is 36.4 Å². The summed E-state index contributed by atoms with van der Waals surface area (Å²) in [6.07, 6.45) is 1.35. The lowest BCUT2D eigenvalue weighted by molar-refractivity contribution is -0.114. The minimum atomic E-state index is -4.18. The van der Waals surface area contributed by atoms with E-state index < -0.39 is 10.1 Å². The molecule has 3 rings (SSSR count). The van der Waals surface area contributed by atoms with Crippen LogP contribution < -0.4 is 19.7 Å². The lowest BCUT2D eigenvalue weighted by Gasteiger charge is -2.12. The van der Waals surface area contributed by atoms with Crippen LogP contribution in [0.1, 0.15) is 22.8 Å². The maximum atomic E-state index is 12.7. The van der Waals surface area contributed by atoms with Crippen LogP contribution >= 0.6 is 0 Å². The van der Waals surface area contributed by atoms with Gasteiger partial charge in [-0.05, 0) is 60.2 Å². The highest BCUT2D eigenvalue weighted by molar-refractivity contribution is 7.87. The fraction of sp³-hybridized carbons (Fsp3) is 0.0870. The van der Waals surface area contributed by atoms with E-state index in [4.69, 9.17) is 8.92 Å². The van der Waals surface area contributed by atoms with Gasteiger partial charge in [0.15, 0.2) is 11.5 Å². The van der Waals surface area contributed by atoms with E-state index in [-0.39, 0.29) is 28.2 Å². The minimum Gasteiger partial charge on any atom is -0.493 e. The highest BCUT2D eigenvalue weighted by Crippen LogP contribution is 2.30. The van der Waals surface area contributed by atoms with Crippen molar-refractivity contribution in [3.8, 4) is 11.5 Å². The molecule has 0 spiro atoms. The number of ether oxygens (including phenoxy) is 1. The molecule has 0 aliphatic carbocycles. The highest BCUT2D eigenvalue weighted by Gasteiger charge is 2.19. The quantitative estimate of drug-likeness (QED) is 0.298. The fourth-order valence-corrected chi connectivity index (χ4v) is 3.67. The summed E-state index contributed by atoms with van der Waals surface area (Å²) in [7, 11) is -2.80. The maximum absolute atomic E-state index is 12.7. The summed E-state index contributed by atoms with van der Waals surface area (Å²) in [5.41, 5.74) is 3.77. The molecule has 0 aromatic heterocycles. The summed E-state index contributed by atoms with van der Waals surface area (Å²) in [6, 6.07) is 18.7. The number of benzene rings is 3. The van der Waals surface area contributed by atoms with E-state index in [1.165, 1.54) is 56.6 Å². The van der Waals surface area contributed by atoms with Crippen molar-refractivity contribution in [1.82, 2.24) is 5.43 Å². The van der Waals surface area contributed by atoms with Crippen LogP contribution in [0.25, 0.3) is 0 Å². The molecule has 0 saturated carbocycles. The van der Waals surface area contributed by atoms with E-state index in [1.807, 2.05) is 0 Å². The Morgan fingerprint density at radius 1 is 0.939 bits per heavy atom. The van der Waals surface area contributed by atoms with Crippen molar-refractivity contribution in [3.05, 3.63) is 83.9 Å². The summed E-state index contributed by atoms with van der Waals surface area (Å²) in [5.74, 6) is -0.521. The number of rotatable bonds is 8. The number of hydrazone groups is 1. The smallest absolute Gasteiger partial charge is 0.339 e. The molecule has 0 atom stereocenters. The second-order valence-corrected chi connectivity index (χ2v) is 8.26. The van der Waals surface area contributed by atoms with E-state index in [9.17, 15) is 18.0 Å². The average Bonchev–Trinajstić information content (AvgIpc) is 2.79. The van der Waals surface area contributed by atoms with Crippen molar-refractivity contribution >= 4 is 33.8 Å². The third-order valence-corrected chi connectivity index (χ3v) is 5.51. The van der Waals surface area contributed by atoms with Crippen LogP contribution in [-0.2, 0) is 14.9 Å². The van der Waals surface area contributed by atoms with Crippen molar-refractivity contribution in [2.75, 3.05) is 12.4 Å². The number of hydrogen-bond acceptors (Lipinski definition) is 7. The van der Waals surface area contributed by atoms with Crippen molar-refractivity contribution in [1.29, 1.82) is 0 Å². The van der Waals surface area contributed by atoms with E-state index >= 15 is 0 Å². The lowest BCUT2D eigenvalue weighted by atomic mass is 10.2. The van der Waals surface area contributed by atoms with Crippen LogP contribution in [-0.4, -0.2) is 33.6 Å². The van der Waals surface area contributed by atoms with Crippen LogP contribution in [0.3, 0.4) is 0 Å². The van der Waals surface area contributed by atoms with Crippen molar-refractivity contribution in [2.24, 2.45) is 5.10 Å². The van der Waals surface area contributed by atoms with Gasteiger partial charge in [-0.25, -0.2) is 5.43 Å². The van der Waals surface area contributed by atoms with Gasteiger partial charge in [-0.3, -0.25) is 9.59 Å². The molecular weight excluding hydrogens is 446 g/mol. The lowest BCUT2D eigenvalue weighted by Crippen LogP contribution is -2.17. The molecule has 0 saturated heterocycles. The molecule has 0 radical (unpaired) electrons. The summed E-state index contributed by atoms with van der Waals surface area (Å²) in [6.45, 7) is 1.35. The second-order valence-electron chi connectivity index (χ2n) is 6.72. The third kappa shape index (κ3) is 6.40. The van der Waals surface area contributed by atoms with Crippen molar-refractivity contribution in [3.63, 3.8) is 0 Å². The molecule has 170 valence electrons. The molecule has 2 amide bonds. The van der Waals surface area contributed by atoms with Gasteiger partial charge in [0.2, 0.25) is 5.91 Å². The minimum absolute atomic E-state index is 0.0539. The van der Waals surface area contributed by atoms with Crippen LogP contribution in [0.2, 0.25) is 0 Å². The third-order valence-electron chi connectivity index (χ3n) is 4.27. The number of methoxy groups -OCH3 is 1. The molecular formula is C23H21N3O6S. The first-order chi connectivity index (χ1) is 15.8. The SMILES string of the molecule is COc1ccc(/C=N\NC(=O)c2ccccc2)cc1OS(=O)(=O)c1ccc(NC(C)=O)cc1. The Labute approximate surface area is 191 Å². The highest BCUT2D eigenvalue weighted by atomic mass is 32.2. The van der Waals surface area contributed by atoms with Gasteiger partial charge in [0.1, 0.15) is 4.90 Å². The Hall–Kier alpha value is -4.18. The van der Waals surface area contributed by atoms with Gasteiger partial charge in [-0.15, -0.1) is 0 Å². The number of hydrogen-bond donors (Lipinski definition) is 2. The van der Waals surface area contributed by atoms with Gasteiger partial charge in [0.05, 0.1) is 13.3 Å². The molecule has 0 fully saturated rings. The Balaban J connectivity index is 1.76. The second kappa shape index (κ2) is 10.4. The standard InChI is InChI=1S/C23H21N3O6S/c1-16(27)25-19-9-11-20(12-10-19)33(29,30)32-22-14-17(8-13-21(22)31-2)15-24-26-23(28)18-6-4-3-5-7-18/h3-15H,1-2H3,(H,25,27)(H,26,28)/b24-15-. The molecule has 2 N–H and O–H groups in total. The average molecular weight is 468 g/mol. The number of anilines is 1. The zero-order valence-corrected chi connectivity index (χ0v) is 18.6. The van der Waals surface area contributed by atoms with Crippen molar-refractivity contribution in [2.45, 2.75) is 11.8 Å². The predicted octanol–water partition coefficient (Wildman–Crippen LogP) is 3.19. The monoisotopic (exact) mass is 467 g/mol. The first kappa shape index (κ1) is 23.5. The molecule has 33 heavy (non-hydrogen) atoms. The predicted molar refractivity (Wildman–Crippen MR) is 123 cm³/mol. The Kier molecular flexibility index (Phi) is 7.42. The van der Waals surface area contributed by atoms with Gasteiger partial charge in [0.25, 0.3) is 5.91 Å². The number of amides is 2. The zero-order chi connectivity index (χ0) is 23.8. The van der Waals surface area contributed by atoms with Gasteiger partial charge in [0, 0.05) is 18.2 Å². The number of nitrogens with zero attached hydrogens (tertiary/aromatic N) is 1. The summed E-state index contributed by atoms with van der Waals surface area (Å²) in [4.78, 5) is 23.1. The maximum Gasteiger partial charge on any atom is 0.339 e. The van der Waals surface area contributed by atoms with Gasteiger partial charge >= 0.3 is 10.1 Å². The van der Waals surface area contributed by atoms with Crippen LogP contribution in [0.15, 0.2) is 82.8 Å². The number of carbonyl (C=O) groups is 2. The molecule has 3 aromatic rings. The van der Waals surface area contributed by atoms with E-state index in [0.717, 1.165) is 0 Å². The molecule has 0 unspecified atom stereocenters. The number of carbonyl (C=O) groups excluding carboxylic acids is 2. The molecule has 10 heteroatoms. The van der Waals surface area contributed by atoms with Gasteiger partial charge in [-0.1, -0.05) is 18.2 Å². The molecule has 9 nitrogen and oxygen atoms in total. The largest absolute Gasteiger partial charge is 0.493 e. The summed E-state index contributed by atoms with van der Waals surface area (Å²) >= 11 is 0. The van der Waals surface area contributed by atoms with E-state index in [2.05, 4.69) is 15.8 Å². The first-order valence-electron chi connectivity index (χ1n) is 9.67. The fourth-order valence-electron chi connectivity index (χ4n) is 2.73. The summed E-state index contributed by atoms with van der Waals surface area (Å²) < 4.78 is 35.9. The first-order valence-corrected chi connectivity index (χ1v) is 11.1. The summed E-state index contributed by atoms with van der Waals surface area (Å²) in [5, 5.41) is 6.46. The van der Waals surface area contributed by atoms with Crippen LogP contribution in [0, 0.1) is 0 Å². The Bertz CT molecular complexity index is 1270. The number of nitrogens with one attached hydrogen (secondary N) is 2. The topological polar surface area (TPSA) is 123 Å². The van der Waals surface area contributed by atoms with Gasteiger partial charge in [-0.2, -0.15) is 13.5 Å². The normalized spacial score (nSPS) is 11.1. The van der Waals surface area contributed by atoms with Crippen LogP contribution in [0.5, 0.6) is 11.5 Å². The molecule has 0 bridgehead atoms. The molecule has 0 aliphatic heterocycles. The van der Waals surface area contributed by atoms with Gasteiger partial charge < -0.3 is 14.2 Å². The Morgan fingerprint density at radius 3 is 2.27 bits per heavy atom. The molecule has 3 aromatic carbocycles. The Morgan fingerprint density at radius 2 is 1.64 bits per heavy atom. The van der Waals surface area contributed by atoms with E-state index in [0.29, 0.717) is 16.8 Å². The molecule has 0 heterocycles. The van der Waals surface area contributed by atoms with Crippen LogP contribution in [0.4, 0.5) is 5.69 Å². The van der Waals surface area contributed by atoms with Crippen molar-refractivity contribution < 1.29 is 26.9 Å². The molecule has 0 aliphatic rings.